The van der Waals surface area contributed by atoms with Gasteiger partial charge in [0.2, 0.25) is 17.5 Å². The number of hydrogen-bond donors (Lipinski definition) is 0. The van der Waals surface area contributed by atoms with Gasteiger partial charge in [-0.3, -0.25) is 4.79 Å². The molecule has 3 aromatic rings. The number of benzene rings is 2. The predicted molar refractivity (Wildman–Crippen MR) is 114 cm³/mol. The molecule has 1 aliphatic heterocycles. The van der Waals surface area contributed by atoms with Crippen LogP contribution < -0.4 is 14.4 Å². The van der Waals surface area contributed by atoms with Gasteiger partial charge >= 0.3 is 0 Å². The molecule has 0 spiro atoms. The molecule has 0 N–H and O–H groups in total. The Bertz CT molecular complexity index is 1110. The largest absolute Gasteiger partial charge is 0.497 e. The second-order valence-electron chi connectivity index (χ2n) is 7.02. The van der Waals surface area contributed by atoms with Gasteiger partial charge in [0.1, 0.15) is 17.6 Å². The lowest BCUT2D eigenvalue weighted by atomic mass is 10.1. The first-order valence-corrected chi connectivity index (χ1v) is 9.86. The van der Waals surface area contributed by atoms with Gasteiger partial charge in [0.05, 0.1) is 14.2 Å². The third-order valence-corrected chi connectivity index (χ3v) is 5.22. The second-order valence-corrected chi connectivity index (χ2v) is 7.02. The Morgan fingerprint density at radius 1 is 1.03 bits per heavy atom. The van der Waals surface area contributed by atoms with Crippen molar-refractivity contribution in [3.8, 4) is 29.0 Å². The maximum atomic E-state index is 12.8. The topological polar surface area (TPSA) is 91.8 Å². The highest BCUT2D eigenvalue weighted by Gasteiger charge is 2.27. The van der Waals surface area contributed by atoms with Crippen LogP contribution in [0.1, 0.15) is 16.1 Å². The Morgan fingerprint density at radius 3 is 2.39 bits per heavy atom. The number of aromatic nitrogens is 1. The van der Waals surface area contributed by atoms with Crippen molar-refractivity contribution < 1.29 is 18.7 Å². The summed E-state index contributed by atoms with van der Waals surface area (Å²) < 4.78 is 16.4. The third kappa shape index (κ3) is 4.16. The van der Waals surface area contributed by atoms with Crippen LogP contribution in [-0.2, 0) is 0 Å². The molecule has 0 aliphatic carbocycles. The number of piperazine rings is 1. The van der Waals surface area contributed by atoms with E-state index >= 15 is 0 Å². The summed E-state index contributed by atoms with van der Waals surface area (Å²) in [5, 5.41) is 9.54. The van der Waals surface area contributed by atoms with Crippen molar-refractivity contribution in [1.29, 1.82) is 5.26 Å². The van der Waals surface area contributed by atoms with Gasteiger partial charge in [0.25, 0.3) is 5.91 Å². The third-order valence-electron chi connectivity index (χ3n) is 5.22. The molecule has 0 radical (unpaired) electrons. The molecule has 8 nitrogen and oxygen atoms in total. The molecule has 0 bridgehead atoms. The Labute approximate surface area is 180 Å². The van der Waals surface area contributed by atoms with E-state index in [2.05, 4.69) is 11.1 Å². The normalized spacial score (nSPS) is 13.6. The molecule has 1 fully saturated rings. The zero-order valence-electron chi connectivity index (χ0n) is 17.4. The Hall–Kier alpha value is -3.99. The Kier molecular flexibility index (Phi) is 5.76. The first-order valence-electron chi connectivity index (χ1n) is 9.86. The van der Waals surface area contributed by atoms with Crippen molar-refractivity contribution in [3.05, 3.63) is 59.8 Å². The van der Waals surface area contributed by atoms with E-state index in [-0.39, 0.29) is 11.6 Å². The van der Waals surface area contributed by atoms with E-state index in [9.17, 15) is 10.1 Å². The predicted octanol–water partition coefficient (Wildman–Crippen LogP) is 3.19. The molecule has 1 aromatic heterocycles. The van der Waals surface area contributed by atoms with Crippen LogP contribution in [0.5, 0.6) is 11.5 Å². The molecule has 2 heterocycles. The zero-order chi connectivity index (χ0) is 21.8. The highest BCUT2D eigenvalue weighted by Crippen LogP contribution is 2.30. The fraction of sp³-hybridized carbons (Fsp3) is 0.261. The standard InChI is InChI=1S/C23H22N4O4/c1-29-18-8-6-16(7-9-18)22(28)26-10-12-27(13-11-26)23-20(15-24)25-21(31-23)17-4-3-5-19(14-17)30-2/h3-9,14H,10-13H2,1-2H3. The van der Waals surface area contributed by atoms with Gasteiger partial charge in [0, 0.05) is 37.3 Å². The molecule has 4 rings (SSSR count). The van der Waals surface area contributed by atoms with Crippen molar-refractivity contribution >= 4 is 11.8 Å². The lowest BCUT2D eigenvalue weighted by Gasteiger charge is -2.34. The van der Waals surface area contributed by atoms with Gasteiger partial charge < -0.3 is 23.7 Å². The molecule has 31 heavy (non-hydrogen) atoms. The minimum absolute atomic E-state index is 0.0301. The molecule has 1 saturated heterocycles. The van der Waals surface area contributed by atoms with Gasteiger partial charge in [-0.25, -0.2) is 0 Å². The van der Waals surface area contributed by atoms with E-state index in [0.29, 0.717) is 55.0 Å². The summed E-state index contributed by atoms with van der Waals surface area (Å²) in [7, 11) is 3.18. The van der Waals surface area contributed by atoms with Crippen LogP contribution in [0.3, 0.4) is 0 Å². The molecule has 0 atom stereocenters. The van der Waals surface area contributed by atoms with Crippen LogP contribution in [0.25, 0.3) is 11.5 Å². The van der Waals surface area contributed by atoms with Crippen LogP contribution in [-0.4, -0.2) is 56.2 Å². The minimum atomic E-state index is -0.0301. The summed E-state index contributed by atoms with van der Waals surface area (Å²) >= 11 is 0. The van der Waals surface area contributed by atoms with E-state index in [1.165, 1.54) is 0 Å². The number of amides is 1. The van der Waals surface area contributed by atoms with E-state index < -0.39 is 0 Å². The van der Waals surface area contributed by atoms with E-state index in [1.807, 2.05) is 29.2 Å². The van der Waals surface area contributed by atoms with Crippen molar-refractivity contribution in [2.45, 2.75) is 0 Å². The van der Waals surface area contributed by atoms with Crippen molar-refractivity contribution in [2.24, 2.45) is 0 Å². The fourth-order valence-corrected chi connectivity index (χ4v) is 3.51. The Balaban J connectivity index is 1.47. The van der Waals surface area contributed by atoms with Gasteiger partial charge in [-0.15, -0.1) is 0 Å². The second kappa shape index (κ2) is 8.79. The van der Waals surface area contributed by atoms with Crippen LogP contribution in [0.4, 0.5) is 5.88 Å². The average Bonchev–Trinajstić information content (AvgIpc) is 3.28. The van der Waals surface area contributed by atoms with Gasteiger partial charge in [0.15, 0.2) is 0 Å². The highest BCUT2D eigenvalue weighted by atomic mass is 16.5. The average molecular weight is 418 g/mol. The molecule has 158 valence electrons. The molecule has 1 aliphatic rings. The van der Waals surface area contributed by atoms with Gasteiger partial charge in [-0.2, -0.15) is 10.2 Å². The van der Waals surface area contributed by atoms with Gasteiger partial charge in [-0.05, 0) is 42.5 Å². The summed E-state index contributed by atoms with van der Waals surface area (Å²) in [5.74, 6) is 2.15. The summed E-state index contributed by atoms with van der Waals surface area (Å²) in [6.45, 7) is 2.13. The fourth-order valence-electron chi connectivity index (χ4n) is 3.51. The first kappa shape index (κ1) is 20.3. The first-order chi connectivity index (χ1) is 15.1. The minimum Gasteiger partial charge on any atom is -0.497 e. The Morgan fingerprint density at radius 2 is 1.74 bits per heavy atom. The molecule has 2 aromatic carbocycles. The highest BCUT2D eigenvalue weighted by molar-refractivity contribution is 5.94. The molecule has 0 saturated carbocycles. The summed E-state index contributed by atoms with van der Waals surface area (Å²) in [4.78, 5) is 20.9. The molecule has 0 unspecified atom stereocenters. The number of oxazole rings is 1. The number of nitriles is 1. The quantitative estimate of drug-likeness (QED) is 0.628. The smallest absolute Gasteiger partial charge is 0.253 e. The number of nitrogens with zero attached hydrogens (tertiary/aromatic N) is 4. The van der Waals surface area contributed by atoms with Crippen LogP contribution in [0, 0.1) is 11.3 Å². The lowest BCUT2D eigenvalue weighted by molar-refractivity contribution is 0.0745. The monoisotopic (exact) mass is 418 g/mol. The van der Waals surface area contributed by atoms with E-state index in [1.54, 1.807) is 43.4 Å². The van der Waals surface area contributed by atoms with Crippen molar-refractivity contribution in [2.75, 3.05) is 45.3 Å². The van der Waals surface area contributed by atoms with Crippen molar-refractivity contribution in [3.63, 3.8) is 0 Å². The summed E-state index contributed by atoms with van der Waals surface area (Å²) in [6.07, 6.45) is 0. The maximum absolute atomic E-state index is 12.8. The molecule has 1 amide bonds. The summed E-state index contributed by atoms with van der Waals surface area (Å²) in [6, 6.07) is 16.5. The zero-order valence-corrected chi connectivity index (χ0v) is 17.4. The van der Waals surface area contributed by atoms with Crippen LogP contribution >= 0.6 is 0 Å². The molecule has 8 heteroatoms. The summed E-state index contributed by atoms with van der Waals surface area (Å²) in [5.41, 5.74) is 1.58. The molecular weight excluding hydrogens is 396 g/mol. The van der Waals surface area contributed by atoms with E-state index in [0.717, 1.165) is 5.56 Å². The number of ether oxygens (including phenoxy) is 2. The molecular formula is C23H22N4O4. The van der Waals surface area contributed by atoms with Crippen molar-refractivity contribution in [1.82, 2.24) is 9.88 Å². The SMILES string of the molecule is COc1ccc(C(=O)N2CCN(c3oc(-c4cccc(OC)c4)nc3C#N)CC2)cc1. The lowest BCUT2D eigenvalue weighted by Crippen LogP contribution is -2.48. The van der Waals surface area contributed by atoms with Crippen LogP contribution in [0.15, 0.2) is 52.9 Å². The number of methoxy groups -OCH3 is 2. The number of carbonyl (C=O) groups is 1. The number of hydrogen-bond acceptors (Lipinski definition) is 7. The number of anilines is 1. The van der Waals surface area contributed by atoms with E-state index in [4.69, 9.17) is 13.9 Å². The maximum Gasteiger partial charge on any atom is 0.253 e. The number of rotatable bonds is 5. The number of carbonyl (C=O) groups excluding carboxylic acids is 1. The van der Waals surface area contributed by atoms with Crippen LogP contribution in [0.2, 0.25) is 0 Å². The van der Waals surface area contributed by atoms with Gasteiger partial charge in [-0.1, -0.05) is 6.07 Å².